The zero-order valence-corrected chi connectivity index (χ0v) is 5.37. The van der Waals surface area contributed by atoms with E-state index in [4.69, 9.17) is 10.5 Å². The van der Waals surface area contributed by atoms with Crippen molar-refractivity contribution in [2.45, 2.75) is 0 Å². The van der Waals surface area contributed by atoms with Crippen molar-refractivity contribution in [3.8, 4) is 12.1 Å². The zero-order valence-electron chi connectivity index (χ0n) is 5.37. The van der Waals surface area contributed by atoms with Crippen molar-refractivity contribution in [1.29, 1.82) is 10.5 Å². The SMILES string of the molecule is Cn1ncc(C#N)c1C#N. The third kappa shape index (κ3) is 0.723. The van der Waals surface area contributed by atoms with Crippen LogP contribution in [0.1, 0.15) is 11.3 Å². The van der Waals surface area contributed by atoms with Crippen molar-refractivity contribution in [2.75, 3.05) is 0 Å². The van der Waals surface area contributed by atoms with Crippen LogP contribution >= 0.6 is 0 Å². The fourth-order valence-electron chi connectivity index (χ4n) is 0.652. The first-order valence-electron chi connectivity index (χ1n) is 2.61. The molecule has 1 heterocycles. The third-order valence-corrected chi connectivity index (χ3v) is 1.17. The minimum absolute atomic E-state index is 0.308. The summed E-state index contributed by atoms with van der Waals surface area (Å²) in [7, 11) is 1.62. The van der Waals surface area contributed by atoms with Crippen LogP contribution in [0.2, 0.25) is 0 Å². The van der Waals surface area contributed by atoms with Gasteiger partial charge in [-0.2, -0.15) is 15.6 Å². The Morgan fingerprint density at radius 2 is 2.20 bits per heavy atom. The normalized spacial score (nSPS) is 8.30. The number of hydrogen-bond donors (Lipinski definition) is 0. The lowest BCUT2D eigenvalue weighted by Crippen LogP contribution is -1.93. The number of aromatic nitrogens is 2. The molecule has 0 fully saturated rings. The van der Waals surface area contributed by atoms with Crippen LogP contribution < -0.4 is 0 Å². The van der Waals surface area contributed by atoms with Gasteiger partial charge in [0.1, 0.15) is 17.7 Å². The summed E-state index contributed by atoms with van der Waals surface area (Å²) in [6.45, 7) is 0. The highest BCUT2D eigenvalue weighted by molar-refractivity contribution is 5.39. The van der Waals surface area contributed by atoms with E-state index in [1.165, 1.54) is 10.9 Å². The van der Waals surface area contributed by atoms with Gasteiger partial charge in [-0.15, -0.1) is 0 Å². The predicted octanol–water partition coefficient (Wildman–Crippen LogP) is 0.163. The average molecular weight is 132 g/mol. The highest BCUT2D eigenvalue weighted by Crippen LogP contribution is 2.02. The number of nitriles is 2. The maximum absolute atomic E-state index is 8.46. The van der Waals surface area contributed by atoms with E-state index in [0.717, 1.165) is 0 Å². The molecule has 0 N–H and O–H groups in total. The summed E-state index contributed by atoms with van der Waals surface area (Å²) in [6, 6.07) is 3.73. The molecule has 0 aliphatic heterocycles. The van der Waals surface area contributed by atoms with Crippen LogP contribution in [0, 0.1) is 22.7 Å². The van der Waals surface area contributed by atoms with E-state index in [9.17, 15) is 0 Å². The molecule has 0 aliphatic rings. The molecule has 4 heteroatoms. The van der Waals surface area contributed by atoms with E-state index in [2.05, 4.69) is 5.10 Å². The summed E-state index contributed by atoms with van der Waals surface area (Å²) >= 11 is 0. The molecule has 10 heavy (non-hydrogen) atoms. The van der Waals surface area contributed by atoms with Crippen molar-refractivity contribution in [1.82, 2.24) is 9.78 Å². The van der Waals surface area contributed by atoms with Crippen molar-refractivity contribution >= 4 is 0 Å². The molecule has 1 aromatic heterocycles. The summed E-state index contributed by atoms with van der Waals surface area (Å²) in [5, 5.41) is 20.6. The summed E-state index contributed by atoms with van der Waals surface area (Å²) in [6.07, 6.45) is 1.37. The maximum atomic E-state index is 8.46. The Kier molecular flexibility index (Phi) is 1.39. The Hall–Kier alpha value is -1.81. The standard InChI is InChI=1S/C6H4N4/c1-10-6(3-8)5(2-7)4-9-10/h4H,1H3. The summed E-state index contributed by atoms with van der Waals surface area (Å²) in [4.78, 5) is 0. The van der Waals surface area contributed by atoms with Crippen molar-refractivity contribution < 1.29 is 0 Å². The number of rotatable bonds is 0. The highest BCUT2D eigenvalue weighted by atomic mass is 15.3. The number of hydrogen-bond acceptors (Lipinski definition) is 3. The molecular weight excluding hydrogens is 128 g/mol. The Morgan fingerprint density at radius 3 is 2.60 bits per heavy atom. The lowest BCUT2D eigenvalue weighted by atomic mass is 10.3. The highest BCUT2D eigenvalue weighted by Gasteiger charge is 2.04. The molecule has 0 unspecified atom stereocenters. The molecule has 0 amide bonds. The molecule has 1 aromatic rings. The molecule has 48 valence electrons. The molecule has 0 saturated carbocycles. The van der Waals surface area contributed by atoms with Crippen LogP contribution in [-0.2, 0) is 7.05 Å². The Bertz CT molecular complexity index is 322. The van der Waals surface area contributed by atoms with Gasteiger partial charge in [-0.25, -0.2) is 0 Å². The molecule has 0 spiro atoms. The monoisotopic (exact) mass is 132 g/mol. The Morgan fingerprint density at radius 1 is 1.50 bits per heavy atom. The average Bonchev–Trinajstić information content (AvgIpc) is 2.30. The van der Waals surface area contributed by atoms with E-state index in [1.54, 1.807) is 7.05 Å². The van der Waals surface area contributed by atoms with Gasteiger partial charge in [0.25, 0.3) is 0 Å². The van der Waals surface area contributed by atoms with E-state index >= 15 is 0 Å². The minimum atomic E-state index is 0.308. The van der Waals surface area contributed by atoms with Crippen molar-refractivity contribution in [2.24, 2.45) is 7.05 Å². The van der Waals surface area contributed by atoms with E-state index in [-0.39, 0.29) is 0 Å². The topological polar surface area (TPSA) is 65.4 Å². The Labute approximate surface area is 57.9 Å². The van der Waals surface area contributed by atoms with Crippen molar-refractivity contribution in [3.05, 3.63) is 17.5 Å². The molecule has 0 aromatic carbocycles. The quantitative estimate of drug-likeness (QED) is 0.505. The first-order valence-corrected chi connectivity index (χ1v) is 2.61. The van der Waals surface area contributed by atoms with E-state index in [0.29, 0.717) is 11.3 Å². The second-order valence-corrected chi connectivity index (χ2v) is 1.75. The lowest BCUT2D eigenvalue weighted by Gasteiger charge is -1.86. The van der Waals surface area contributed by atoms with Gasteiger partial charge < -0.3 is 0 Å². The Balaban J connectivity index is 3.34. The van der Waals surface area contributed by atoms with Crippen LogP contribution in [-0.4, -0.2) is 9.78 Å². The fraction of sp³-hybridized carbons (Fsp3) is 0.167. The molecule has 0 radical (unpaired) electrons. The predicted molar refractivity (Wildman–Crippen MR) is 32.6 cm³/mol. The molecular formula is C6H4N4. The van der Waals surface area contributed by atoms with Crippen molar-refractivity contribution in [3.63, 3.8) is 0 Å². The largest absolute Gasteiger partial charge is 0.257 e. The van der Waals surface area contributed by atoms with E-state index in [1.807, 2.05) is 12.1 Å². The second kappa shape index (κ2) is 2.20. The minimum Gasteiger partial charge on any atom is -0.257 e. The van der Waals surface area contributed by atoms with Gasteiger partial charge in [-0.1, -0.05) is 0 Å². The molecule has 4 nitrogen and oxygen atoms in total. The van der Waals surface area contributed by atoms with Gasteiger partial charge >= 0.3 is 0 Å². The van der Waals surface area contributed by atoms with Gasteiger partial charge in [0, 0.05) is 7.05 Å². The zero-order chi connectivity index (χ0) is 7.56. The number of aryl methyl sites for hydroxylation is 1. The molecule has 1 rings (SSSR count). The van der Waals surface area contributed by atoms with E-state index < -0.39 is 0 Å². The summed E-state index contributed by atoms with van der Waals surface area (Å²) < 4.78 is 1.37. The van der Waals surface area contributed by atoms with Gasteiger partial charge in [0.15, 0.2) is 5.69 Å². The van der Waals surface area contributed by atoms with Crippen LogP contribution in [0.15, 0.2) is 6.20 Å². The van der Waals surface area contributed by atoms with Crippen LogP contribution in [0.5, 0.6) is 0 Å². The smallest absolute Gasteiger partial charge is 0.156 e. The van der Waals surface area contributed by atoms with Crippen LogP contribution in [0.3, 0.4) is 0 Å². The second-order valence-electron chi connectivity index (χ2n) is 1.75. The summed E-state index contributed by atoms with van der Waals surface area (Å²) in [5.41, 5.74) is 0.632. The third-order valence-electron chi connectivity index (χ3n) is 1.17. The summed E-state index contributed by atoms with van der Waals surface area (Å²) in [5.74, 6) is 0. The van der Waals surface area contributed by atoms with Gasteiger partial charge in [-0.05, 0) is 0 Å². The van der Waals surface area contributed by atoms with Gasteiger partial charge in [0.05, 0.1) is 6.20 Å². The lowest BCUT2D eigenvalue weighted by molar-refractivity contribution is 0.756. The molecule has 0 bridgehead atoms. The first kappa shape index (κ1) is 6.31. The molecule has 0 saturated heterocycles. The number of nitrogens with zero attached hydrogens (tertiary/aromatic N) is 4. The van der Waals surface area contributed by atoms with Gasteiger partial charge in [-0.3, -0.25) is 4.68 Å². The van der Waals surface area contributed by atoms with Crippen LogP contribution in [0.25, 0.3) is 0 Å². The molecule has 0 aliphatic carbocycles. The maximum Gasteiger partial charge on any atom is 0.156 e. The van der Waals surface area contributed by atoms with Crippen LogP contribution in [0.4, 0.5) is 0 Å². The fourth-order valence-corrected chi connectivity index (χ4v) is 0.652. The molecule has 0 atom stereocenters. The first-order chi connectivity index (χ1) is 4.79. The van der Waals surface area contributed by atoms with Gasteiger partial charge in [0.2, 0.25) is 0 Å².